The Labute approximate surface area is 106 Å². The van der Waals surface area contributed by atoms with E-state index in [1.54, 1.807) is 12.1 Å². The van der Waals surface area contributed by atoms with Crippen molar-refractivity contribution in [2.75, 3.05) is 13.2 Å². The van der Waals surface area contributed by atoms with Crippen LogP contribution in [0.3, 0.4) is 0 Å². The molecule has 1 N–H and O–H groups in total. The van der Waals surface area contributed by atoms with Crippen LogP contribution in [-0.2, 0) is 4.74 Å². The molecule has 1 saturated heterocycles. The Kier molecular flexibility index (Phi) is 4.09. The van der Waals surface area contributed by atoms with Gasteiger partial charge in [0.25, 0.3) is 0 Å². The summed E-state index contributed by atoms with van der Waals surface area (Å²) >= 11 is 0. The van der Waals surface area contributed by atoms with Crippen LogP contribution < -0.4 is 5.32 Å². The minimum absolute atomic E-state index is 0.0548. The summed E-state index contributed by atoms with van der Waals surface area (Å²) in [6.07, 6.45) is 0. The Morgan fingerprint density at radius 1 is 1.44 bits per heavy atom. The van der Waals surface area contributed by atoms with Crippen LogP contribution in [0.25, 0.3) is 0 Å². The SMILES string of the molecule is CC1COCC(C(C)C(=O)c2ccccc2F)N1. The number of ketones is 1. The molecule has 0 radical (unpaired) electrons. The summed E-state index contributed by atoms with van der Waals surface area (Å²) < 4.78 is 19.0. The van der Waals surface area contributed by atoms with E-state index in [0.29, 0.717) is 13.2 Å². The summed E-state index contributed by atoms with van der Waals surface area (Å²) in [4.78, 5) is 12.2. The fourth-order valence-corrected chi connectivity index (χ4v) is 2.21. The molecule has 0 aliphatic carbocycles. The van der Waals surface area contributed by atoms with Crippen molar-refractivity contribution in [3.63, 3.8) is 0 Å². The van der Waals surface area contributed by atoms with Crippen molar-refractivity contribution in [2.45, 2.75) is 25.9 Å². The van der Waals surface area contributed by atoms with Crippen LogP contribution >= 0.6 is 0 Å². The maximum atomic E-state index is 13.6. The first-order valence-electron chi connectivity index (χ1n) is 6.22. The molecule has 18 heavy (non-hydrogen) atoms. The molecule has 3 unspecified atom stereocenters. The minimum Gasteiger partial charge on any atom is -0.378 e. The molecule has 1 aliphatic rings. The quantitative estimate of drug-likeness (QED) is 0.835. The molecule has 0 amide bonds. The van der Waals surface area contributed by atoms with Gasteiger partial charge in [-0.2, -0.15) is 0 Å². The Morgan fingerprint density at radius 2 is 2.17 bits per heavy atom. The number of hydrogen-bond acceptors (Lipinski definition) is 3. The van der Waals surface area contributed by atoms with Gasteiger partial charge in [-0.3, -0.25) is 4.79 Å². The van der Waals surface area contributed by atoms with Gasteiger partial charge in [0.2, 0.25) is 0 Å². The van der Waals surface area contributed by atoms with Crippen LogP contribution in [0.15, 0.2) is 24.3 Å². The smallest absolute Gasteiger partial charge is 0.170 e. The zero-order chi connectivity index (χ0) is 13.1. The molecular formula is C14H18FNO2. The topological polar surface area (TPSA) is 38.3 Å². The molecule has 3 nitrogen and oxygen atoms in total. The van der Waals surface area contributed by atoms with Gasteiger partial charge in [0.05, 0.1) is 18.8 Å². The third-order valence-corrected chi connectivity index (χ3v) is 3.32. The lowest BCUT2D eigenvalue weighted by Gasteiger charge is -2.32. The highest BCUT2D eigenvalue weighted by molar-refractivity contribution is 5.98. The number of rotatable bonds is 3. The third kappa shape index (κ3) is 2.76. The highest BCUT2D eigenvalue weighted by Crippen LogP contribution is 2.17. The van der Waals surface area contributed by atoms with E-state index in [1.807, 2.05) is 13.8 Å². The van der Waals surface area contributed by atoms with E-state index >= 15 is 0 Å². The van der Waals surface area contributed by atoms with E-state index in [2.05, 4.69) is 5.32 Å². The van der Waals surface area contributed by atoms with Crippen LogP contribution in [0.4, 0.5) is 4.39 Å². The van der Waals surface area contributed by atoms with Crippen molar-refractivity contribution < 1.29 is 13.9 Å². The highest BCUT2D eigenvalue weighted by Gasteiger charge is 2.29. The molecule has 1 aromatic carbocycles. The number of halogens is 1. The number of Topliss-reactive ketones (excluding diaryl/α,β-unsaturated/α-hetero) is 1. The van der Waals surface area contributed by atoms with E-state index in [1.165, 1.54) is 12.1 Å². The van der Waals surface area contributed by atoms with E-state index in [9.17, 15) is 9.18 Å². The minimum atomic E-state index is -0.459. The number of nitrogens with one attached hydrogen (secondary N) is 1. The van der Waals surface area contributed by atoms with Gasteiger partial charge in [0.15, 0.2) is 5.78 Å². The lowest BCUT2D eigenvalue weighted by Crippen LogP contribution is -2.52. The number of morpholine rings is 1. The first-order valence-corrected chi connectivity index (χ1v) is 6.22. The Hall–Kier alpha value is -1.26. The zero-order valence-electron chi connectivity index (χ0n) is 10.7. The largest absolute Gasteiger partial charge is 0.378 e. The number of hydrogen-bond donors (Lipinski definition) is 1. The van der Waals surface area contributed by atoms with Crippen LogP contribution in [0.5, 0.6) is 0 Å². The lowest BCUT2D eigenvalue weighted by atomic mass is 9.91. The van der Waals surface area contributed by atoms with Crippen LogP contribution in [0.1, 0.15) is 24.2 Å². The Balaban J connectivity index is 2.11. The molecule has 3 atom stereocenters. The third-order valence-electron chi connectivity index (χ3n) is 3.32. The molecule has 0 spiro atoms. The van der Waals surface area contributed by atoms with Crippen molar-refractivity contribution in [1.82, 2.24) is 5.32 Å². The monoisotopic (exact) mass is 251 g/mol. The fourth-order valence-electron chi connectivity index (χ4n) is 2.21. The molecular weight excluding hydrogens is 233 g/mol. The number of carbonyl (C=O) groups excluding carboxylic acids is 1. The average molecular weight is 251 g/mol. The maximum Gasteiger partial charge on any atom is 0.170 e. The summed E-state index contributed by atoms with van der Waals surface area (Å²) in [5, 5.41) is 3.32. The number of ether oxygens (including phenoxy) is 1. The predicted octanol–water partition coefficient (Wildman–Crippen LogP) is 2.02. The molecule has 0 saturated carbocycles. The molecule has 2 rings (SSSR count). The molecule has 1 aliphatic heterocycles. The van der Waals surface area contributed by atoms with Crippen LogP contribution in [0.2, 0.25) is 0 Å². The lowest BCUT2D eigenvalue weighted by molar-refractivity contribution is 0.0330. The van der Waals surface area contributed by atoms with Gasteiger partial charge in [-0.25, -0.2) is 4.39 Å². The van der Waals surface area contributed by atoms with Gasteiger partial charge >= 0.3 is 0 Å². The Bertz CT molecular complexity index is 436. The second kappa shape index (κ2) is 5.59. The second-order valence-electron chi connectivity index (χ2n) is 4.84. The number of benzene rings is 1. The molecule has 1 fully saturated rings. The second-order valence-corrected chi connectivity index (χ2v) is 4.84. The zero-order valence-corrected chi connectivity index (χ0v) is 10.7. The van der Waals surface area contributed by atoms with Crippen molar-refractivity contribution in [3.05, 3.63) is 35.6 Å². The summed E-state index contributed by atoms with van der Waals surface area (Å²) in [5.74, 6) is -0.938. The molecule has 1 heterocycles. The normalized spacial score (nSPS) is 25.7. The fraction of sp³-hybridized carbons (Fsp3) is 0.500. The first kappa shape index (κ1) is 13.2. The van der Waals surface area contributed by atoms with Crippen molar-refractivity contribution in [1.29, 1.82) is 0 Å². The van der Waals surface area contributed by atoms with E-state index in [4.69, 9.17) is 4.74 Å². The highest BCUT2D eigenvalue weighted by atomic mass is 19.1. The summed E-state index contributed by atoms with van der Waals surface area (Å²) in [5.41, 5.74) is 0.157. The van der Waals surface area contributed by atoms with Gasteiger partial charge in [0.1, 0.15) is 5.82 Å². The van der Waals surface area contributed by atoms with Crippen LogP contribution in [-0.4, -0.2) is 31.1 Å². The van der Waals surface area contributed by atoms with E-state index in [-0.39, 0.29) is 29.3 Å². The van der Waals surface area contributed by atoms with Gasteiger partial charge in [-0.05, 0) is 19.1 Å². The van der Waals surface area contributed by atoms with Gasteiger partial charge in [-0.1, -0.05) is 19.1 Å². The average Bonchev–Trinajstić information content (AvgIpc) is 2.37. The molecule has 1 aromatic rings. The maximum absolute atomic E-state index is 13.6. The van der Waals surface area contributed by atoms with Gasteiger partial charge < -0.3 is 10.1 Å². The molecule has 0 bridgehead atoms. The van der Waals surface area contributed by atoms with Crippen LogP contribution in [0, 0.1) is 11.7 Å². The molecule has 98 valence electrons. The molecule has 0 aromatic heterocycles. The standard InChI is InChI=1S/C14H18FNO2/c1-9-7-18-8-13(16-9)10(2)14(17)11-5-3-4-6-12(11)15/h3-6,9-10,13,16H,7-8H2,1-2H3. The predicted molar refractivity (Wildman–Crippen MR) is 67.1 cm³/mol. The summed E-state index contributed by atoms with van der Waals surface area (Å²) in [7, 11) is 0. The first-order chi connectivity index (χ1) is 8.59. The van der Waals surface area contributed by atoms with E-state index < -0.39 is 5.82 Å². The summed E-state index contributed by atoms with van der Waals surface area (Å²) in [6.45, 7) is 4.96. The number of carbonyl (C=O) groups is 1. The Morgan fingerprint density at radius 3 is 2.83 bits per heavy atom. The molecule has 4 heteroatoms. The summed E-state index contributed by atoms with van der Waals surface area (Å²) in [6, 6.07) is 6.27. The van der Waals surface area contributed by atoms with Gasteiger partial charge in [-0.15, -0.1) is 0 Å². The van der Waals surface area contributed by atoms with Crippen molar-refractivity contribution in [3.8, 4) is 0 Å². The van der Waals surface area contributed by atoms with Crippen molar-refractivity contribution in [2.24, 2.45) is 5.92 Å². The van der Waals surface area contributed by atoms with Gasteiger partial charge in [0, 0.05) is 18.0 Å². The van der Waals surface area contributed by atoms with E-state index in [0.717, 1.165) is 0 Å². The van der Waals surface area contributed by atoms with Crippen molar-refractivity contribution >= 4 is 5.78 Å².